The highest BCUT2D eigenvalue weighted by Crippen LogP contribution is 2.23. The van der Waals surface area contributed by atoms with Gasteiger partial charge in [0.15, 0.2) is 0 Å². The number of sulfonamides is 1. The molecule has 1 aromatic rings. The Morgan fingerprint density at radius 3 is 2.27 bits per heavy atom. The summed E-state index contributed by atoms with van der Waals surface area (Å²) in [5.74, 6) is -0.275. The number of rotatable bonds is 5. The zero-order valence-electron chi connectivity index (χ0n) is 15.2. The van der Waals surface area contributed by atoms with Crippen molar-refractivity contribution < 1.29 is 18.0 Å². The molecule has 1 aliphatic heterocycles. The van der Waals surface area contributed by atoms with E-state index in [0.717, 1.165) is 0 Å². The summed E-state index contributed by atoms with van der Waals surface area (Å²) in [5, 5.41) is 0.200. The van der Waals surface area contributed by atoms with Gasteiger partial charge in [-0.25, -0.2) is 13.1 Å². The Morgan fingerprint density at radius 1 is 1.15 bits per heavy atom. The van der Waals surface area contributed by atoms with Crippen LogP contribution in [0.4, 0.5) is 0 Å². The van der Waals surface area contributed by atoms with E-state index >= 15 is 0 Å². The predicted octanol–water partition coefficient (Wildman–Crippen LogP) is 1.72. The zero-order valence-corrected chi connectivity index (χ0v) is 16.7. The van der Waals surface area contributed by atoms with Gasteiger partial charge in [0.1, 0.15) is 0 Å². The maximum Gasteiger partial charge on any atom is 0.255 e. The third kappa shape index (κ3) is 4.75. The number of hydrogen-bond donors (Lipinski definition) is 1. The first-order chi connectivity index (χ1) is 12.2. The molecule has 1 fully saturated rings. The number of benzene rings is 1. The number of carbonyl (C=O) groups is 2. The average molecular weight is 402 g/mol. The summed E-state index contributed by atoms with van der Waals surface area (Å²) < 4.78 is 27.2. The van der Waals surface area contributed by atoms with Crippen LogP contribution in [0.15, 0.2) is 23.1 Å². The summed E-state index contributed by atoms with van der Waals surface area (Å²) >= 11 is 6.14. The Bertz CT molecular complexity index is 787. The van der Waals surface area contributed by atoms with E-state index in [1.54, 1.807) is 30.6 Å². The summed E-state index contributed by atoms with van der Waals surface area (Å²) in [5.41, 5.74) is 0.147. The molecule has 1 heterocycles. The van der Waals surface area contributed by atoms with Gasteiger partial charge in [-0.2, -0.15) is 0 Å². The molecule has 2 rings (SSSR count). The van der Waals surface area contributed by atoms with Crippen molar-refractivity contribution >= 4 is 33.4 Å². The van der Waals surface area contributed by atoms with Crippen molar-refractivity contribution in [2.24, 2.45) is 0 Å². The minimum absolute atomic E-state index is 0.00116. The lowest BCUT2D eigenvalue weighted by atomic mass is 10.1. The van der Waals surface area contributed by atoms with E-state index in [1.807, 2.05) is 0 Å². The van der Waals surface area contributed by atoms with Crippen LogP contribution in [-0.2, 0) is 14.8 Å². The third-order valence-corrected chi connectivity index (χ3v) is 6.08. The molecule has 0 aliphatic carbocycles. The van der Waals surface area contributed by atoms with Gasteiger partial charge < -0.3 is 9.80 Å². The number of halogens is 1. The van der Waals surface area contributed by atoms with Crippen LogP contribution in [0.3, 0.4) is 0 Å². The summed E-state index contributed by atoms with van der Waals surface area (Å²) in [7, 11) is -3.72. The molecule has 1 aliphatic rings. The van der Waals surface area contributed by atoms with Gasteiger partial charge in [-0.3, -0.25) is 9.59 Å². The van der Waals surface area contributed by atoms with E-state index in [9.17, 15) is 18.0 Å². The largest absolute Gasteiger partial charge is 0.339 e. The molecule has 0 atom stereocenters. The Kier molecular flexibility index (Phi) is 6.65. The van der Waals surface area contributed by atoms with Crippen molar-refractivity contribution in [3.05, 3.63) is 28.8 Å². The quantitative estimate of drug-likeness (QED) is 0.813. The second-order valence-electron chi connectivity index (χ2n) is 6.44. The van der Waals surface area contributed by atoms with Crippen molar-refractivity contribution in [3.63, 3.8) is 0 Å². The Morgan fingerprint density at radius 2 is 1.73 bits per heavy atom. The van der Waals surface area contributed by atoms with Gasteiger partial charge in [0.2, 0.25) is 15.9 Å². The Labute approximate surface area is 159 Å². The predicted molar refractivity (Wildman–Crippen MR) is 99.7 cm³/mol. The molecule has 26 heavy (non-hydrogen) atoms. The maximum absolute atomic E-state index is 12.8. The van der Waals surface area contributed by atoms with Crippen molar-refractivity contribution in [2.75, 3.05) is 26.2 Å². The molecule has 0 aromatic heterocycles. The van der Waals surface area contributed by atoms with E-state index in [0.29, 0.717) is 32.6 Å². The molecule has 7 nitrogen and oxygen atoms in total. The SMILES string of the molecule is CCC(=O)N1CCN(C(=O)c2cc(S(=O)(=O)NC(C)C)ccc2Cl)CC1. The standard InChI is InChI=1S/C17H24ClN3O4S/c1-4-16(22)20-7-9-21(10-8-20)17(23)14-11-13(5-6-15(14)18)26(24,25)19-12(2)3/h5-6,11-12,19H,4,7-10H2,1-3H3. The fourth-order valence-electron chi connectivity index (χ4n) is 2.77. The summed E-state index contributed by atoms with van der Waals surface area (Å²) in [4.78, 5) is 27.8. The maximum atomic E-state index is 12.8. The average Bonchev–Trinajstić information content (AvgIpc) is 2.59. The monoisotopic (exact) mass is 401 g/mol. The molecule has 0 unspecified atom stereocenters. The highest BCUT2D eigenvalue weighted by atomic mass is 35.5. The molecule has 1 saturated heterocycles. The number of carbonyl (C=O) groups excluding carboxylic acids is 2. The number of hydrogen-bond acceptors (Lipinski definition) is 4. The minimum Gasteiger partial charge on any atom is -0.339 e. The van der Waals surface area contributed by atoms with Gasteiger partial charge in [-0.15, -0.1) is 0 Å². The fraction of sp³-hybridized carbons (Fsp3) is 0.529. The van der Waals surface area contributed by atoms with E-state index in [-0.39, 0.29) is 33.3 Å². The second kappa shape index (κ2) is 8.37. The number of nitrogens with one attached hydrogen (secondary N) is 1. The summed E-state index contributed by atoms with van der Waals surface area (Å²) in [6.45, 7) is 6.94. The molecule has 0 radical (unpaired) electrons. The number of nitrogens with zero attached hydrogens (tertiary/aromatic N) is 2. The summed E-state index contributed by atoms with van der Waals surface area (Å²) in [6.07, 6.45) is 0.433. The topological polar surface area (TPSA) is 86.8 Å². The molecular weight excluding hydrogens is 378 g/mol. The Balaban J connectivity index is 2.19. The highest BCUT2D eigenvalue weighted by Gasteiger charge is 2.26. The van der Waals surface area contributed by atoms with Crippen LogP contribution < -0.4 is 4.72 Å². The van der Waals surface area contributed by atoms with Crippen LogP contribution in [0.25, 0.3) is 0 Å². The molecule has 1 aromatic carbocycles. The number of amides is 2. The van der Waals surface area contributed by atoms with Gasteiger partial charge in [0.05, 0.1) is 15.5 Å². The van der Waals surface area contributed by atoms with E-state index in [4.69, 9.17) is 11.6 Å². The molecule has 0 spiro atoms. The molecule has 1 N–H and O–H groups in total. The smallest absolute Gasteiger partial charge is 0.255 e. The van der Waals surface area contributed by atoms with Crippen LogP contribution in [0.1, 0.15) is 37.6 Å². The first-order valence-corrected chi connectivity index (χ1v) is 10.4. The van der Waals surface area contributed by atoms with E-state index in [1.165, 1.54) is 18.2 Å². The second-order valence-corrected chi connectivity index (χ2v) is 8.57. The van der Waals surface area contributed by atoms with Gasteiger partial charge in [-0.1, -0.05) is 18.5 Å². The fourth-order valence-corrected chi connectivity index (χ4v) is 4.24. The van der Waals surface area contributed by atoms with Crippen molar-refractivity contribution in [1.29, 1.82) is 0 Å². The molecule has 144 valence electrons. The Hall–Kier alpha value is -1.64. The van der Waals surface area contributed by atoms with Crippen LogP contribution in [0.2, 0.25) is 5.02 Å². The van der Waals surface area contributed by atoms with Gasteiger partial charge in [0.25, 0.3) is 5.91 Å². The number of piperazine rings is 1. The molecule has 9 heteroatoms. The highest BCUT2D eigenvalue weighted by molar-refractivity contribution is 7.89. The van der Waals surface area contributed by atoms with Crippen LogP contribution >= 0.6 is 11.6 Å². The van der Waals surface area contributed by atoms with Crippen LogP contribution in [0, 0.1) is 0 Å². The molecular formula is C17H24ClN3O4S. The first kappa shape index (κ1) is 20.7. The minimum atomic E-state index is -3.72. The van der Waals surface area contributed by atoms with E-state index in [2.05, 4.69) is 4.72 Å². The van der Waals surface area contributed by atoms with Gasteiger partial charge in [0, 0.05) is 38.6 Å². The lowest BCUT2D eigenvalue weighted by molar-refractivity contribution is -0.132. The van der Waals surface area contributed by atoms with Crippen LogP contribution in [0.5, 0.6) is 0 Å². The van der Waals surface area contributed by atoms with Gasteiger partial charge >= 0.3 is 0 Å². The third-order valence-electron chi connectivity index (χ3n) is 4.09. The van der Waals surface area contributed by atoms with Crippen LogP contribution in [-0.4, -0.2) is 62.3 Å². The van der Waals surface area contributed by atoms with Gasteiger partial charge in [-0.05, 0) is 32.0 Å². The summed E-state index contributed by atoms with van der Waals surface area (Å²) in [6, 6.07) is 3.83. The molecule has 2 amide bonds. The molecule has 0 saturated carbocycles. The lowest BCUT2D eigenvalue weighted by Gasteiger charge is -2.34. The zero-order chi connectivity index (χ0) is 19.5. The van der Waals surface area contributed by atoms with Crippen molar-refractivity contribution in [1.82, 2.24) is 14.5 Å². The first-order valence-electron chi connectivity index (χ1n) is 8.54. The lowest BCUT2D eigenvalue weighted by Crippen LogP contribution is -2.50. The normalized spacial score (nSPS) is 15.4. The van der Waals surface area contributed by atoms with Crippen molar-refractivity contribution in [2.45, 2.75) is 38.1 Å². The van der Waals surface area contributed by atoms with Crippen molar-refractivity contribution in [3.8, 4) is 0 Å². The van der Waals surface area contributed by atoms with E-state index < -0.39 is 10.0 Å². The molecule has 0 bridgehead atoms.